The largest absolute Gasteiger partial charge is 0.441 e. The third-order valence-electron chi connectivity index (χ3n) is 6.44. The Morgan fingerprint density at radius 2 is 1.11 bits per heavy atom. The number of hydrogen-bond acceptors (Lipinski definition) is 2. The molecular weight excluding hydrogens is 344 g/mol. The molecule has 0 spiro atoms. The molecule has 0 N–H and O–H groups in total. The zero-order valence-corrected chi connectivity index (χ0v) is 17.4. The number of cyclic esters (lactones) is 1. The third-order valence-corrected chi connectivity index (χ3v) is 6.44. The molecule has 142 valence electrons. The number of carbonyl (C=O) groups excluding carboxylic acids is 1. The quantitative estimate of drug-likeness (QED) is 0.517. The van der Waals surface area contributed by atoms with E-state index in [-0.39, 0.29) is 5.97 Å². The summed E-state index contributed by atoms with van der Waals surface area (Å²) in [5.41, 5.74) is 10.0. The van der Waals surface area contributed by atoms with Crippen molar-refractivity contribution in [2.75, 3.05) is 0 Å². The van der Waals surface area contributed by atoms with Crippen molar-refractivity contribution in [2.45, 2.75) is 47.1 Å². The Balaban J connectivity index is 2.12. The second-order valence-electron chi connectivity index (χ2n) is 8.09. The van der Waals surface area contributed by atoms with Gasteiger partial charge >= 0.3 is 5.97 Å². The summed E-state index contributed by atoms with van der Waals surface area (Å²) in [4.78, 5) is 12.9. The van der Waals surface area contributed by atoms with Crippen molar-refractivity contribution in [3.8, 4) is 0 Å². The summed E-state index contributed by atoms with van der Waals surface area (Å²) in [6, 6.07) is 16.4. The molecule has 0 fully saturated rings. The van der Waals surface area contributed by atoms with Crippen molar-refractivity contribution in [3.05, 3.63) is 104 Å². The first kappa shape index (κ1) is 18.5. The van der Waals surface area contributed by atoms with Gasteiger partial charge in [0.05, 0.1) is 5.56 Å². The molecule has 0 atom stereocenters. The van der Waals surface area contributed by atoms with E-state index in [1.54, 1.807) is 0 Å². The molecule has 1 aliphatic heterocycles. The summed E-state index contributed by atoms with van der Waals surface area (Å²) in [5.74, 6) is -0.262. The van der Waals surface area contributed by atoms with Crippen LogP contribution in [0.1, 0.15) is 60.4 Å². The Kier molecular flexibility index (Phi) is 4.19. The second-order valence-corrected chi connectivity index (χ2v) is 8.09. The van der Waals surface area contributed by atoms with Crippen LogP contribution in [0.5, 0.6) is 0 Å². The summed E-state index contributed by atoms with van der Waals surface area (Å²) in [6.45, 7) is 12.7. The van der Waals surface area contributed by atoms with Crippen LogP contribution in [0, 0.1) is 41.5 Å². The van der Waals surface area contributed by atoms with Gasteiger partial charge in [-0.3, -0.25) is 0 Å². The zero-order valence-electron chi connectivity index (χ0n) is 17.4. The summed E-state index contributed by atoms with van der Waals surface area (Å²) in [5, 5.41) is 0. The normalized spacial score (nSPS) is 14.7. The maximum atomic E-state index is 12.9. The van der Waals surface area contributed by atoms with Crippen molar-refractivity contribution >= 4 is 5.97 Å². The van der Waals surface area contributed by atoms with Crippen molar-refractivity contribution < 1.29 is 9.53 Å². The van der Waals surface area contributed by atoms with E-state index in [0.29, 0.717) is 5.56 Å². The Hall–Kier alpha value is -2.87. The van der Waals surface area contributed by atoms with Crippen LogP contribution < -0.4 is 0 Å². The molecule has 0 saturated heterocycles. The van der Waals surface area contributed by atoms with E-state index >= 15 is 0 Å². The predicted octanol–water partition coefficient (Wildman–Crippen LogP) is 6.00. The molecule has 0 bridgehead atoms. The molecule has 1 heterocycles. The molecule has 0 radical (unpaired) electrons. The molecule has 0 unspecified atom stereocenters. The van der Waals surface area contributed by atoms with Crippen molar-refractivity contribution in [2.24, 2.45) is 0 Å². The lowest BCUT2D eigenvalue weighted by Gasteiger charge is -2.32. The Morgan fingerprint density at radius 3 is 1.57 bits per heavy atom. The molecule has 0 saturated carbocycles. The lowest BCUT2D eigenvalue weighted by molar-refractivity contribution is 0.0250. The van der Waals surface area contributed by atoms with E-state index in [1.807, 2.05) is 24.3 Å². The third kappa shape index (κ3) is 2.51. The average molecular weight is 370 g/mol. The Labute approximate surface area is 167 Å². The highest BCUT2D eigenvalue weighted by molar-refractivity contribution is 5.96. The summed E-state index contributed by atoms with van der Waals surface area (Å²) in [6.07, 6.45) is 0. The summed E-state index contributed by atoms with van der Waals surface area (Å²) < 4.78 is 6.25. The topological polar surface area (TPSA) is 26.3 Å². The lowest BCUT2D eigenvalue weighted by Crippen LogP contribution is -2.30. The van der Waals surface area contributed by atoms with Crippen LogP contribution >= 0.6 is 0 Å². The molecule has 4 rings (SSSR count). The zero-order chi connectivity index (χ0) is 20.2. The molecule has 3 aromatic carbocycles. The lowest BCUT2D eigenvalue weighted by atomic mass is 9.77. The van der Waals surface area contributed by atoms with Crippen LogP contribution in [0.25, 0.3) is 0 Å². The van der Waals surface area contributed by atoms with Crippen LogP contribution in [0.15, 0.2) is 48.5 Å². The Bertz CT molecular complexity index is 1020. The van der Waals surface area contributed by atoms with Crippen LogP contribution in [0.2, 0.25) is 0 Å². The summed E-state index contributed by atoms with van der Waals surface area (Å²) >= 11 is 0. The highest BCUT2D eigenvalue weighted by atomic mass is 16.6. The number of carbonyl (C=O) groups is 1. The smallest absolute Gasteiger partial charge is 0.340 e. The molecule has 0 amide bonds. The van der Waals surface area contributed by atoms with Crippen LogP contribution in [0.4, 0.5) is 0 Å². The molecular formula is C26H26O2. The fourth-order valence-electron chi connectivity index (χ4n) is 4.29. The van der Waals surface area contributed by atoms with Crippen molar-refractivity contribution in [1.82, 2.24) is 0 Å². The number of esters is 1. The van der Waals surface area contributed by atoms with Gasteiger partial charge in [-0.2, -0.15) is 0 Å². The number of rotatable bonds is 2. The van der Waals surface area contributed by atoms with Gasteiger partial charge in [0.1, 0.15) is 0 Å². The highest BCUT2D eigenvalue weighted by Crippen LogP contribution is 2.48. The first-order valence-electron chi connectivity index (χ1n) is 9.75. The van der Waals surface area contributed by atoms with Gasteiger partial charge in [0.2, 0.25) is 0 Å². The van der Waals surface area contributed by atoms with E-state index in [1.165, 1.54) is 33.4 Å². The van der Waals surface area contributed by atoms with Crippen LogP contribution in [-0.4, -0.2) is 5.97 Å². The molecule has 1 aliphatic rings. The highest BCUT2D eigenvalue weighted by Gasteiger charge is 2.48. The maximum absolute atomic E-state index is 12.9. The van der Waals surface area contributed by atoms with Crippen LogP contribution in [0.3, 0.4) is 0 Å². The number of benzene rings is 3. The van der Waals surface area contributed by atoms with E-state index in [4.69, 9.17) is 4.74 Å². The van der Waals surface area contributed by atoms with Gasteiger partial charge in [0, 0.05) is 16.7 Å². The van der Waals surface area contributed by atoms with E-state index in [0.717, 1.165) is 16.7 Å². The predicted molar refractivity (Wildman–Crippen MR) is 113 cm³/mol. The van der Waals surface area contributed by atoms with Gasteiger partial charge in [-0.15, -0.1) is 0 Å². The fraction of sp³-hybridized carbons (Fsp3) is 0.269. The SMILES string of the molecule is Cc1cc(C2(c3cc(C)c(C)c(C)c3)OC(=O)c3ccccc32)cc(C)c1C. The fourth-order valence-corrected chi connectivity index (χ4v) is 4.29. The Morgan fingerprint density at radius 1 is 0.679 bits per heavy atom. The number of aryl methyl sites for hydroxylation is 4. The number of ether oxygens (including phenoxy) is 1. The van der Waals surface area contributed by atoms with E-state index in [9.17, 15) is 4.79 Å². The molecule has 0 aromatic heterocycles. The van der Waals surface area contributed by atoms with Gasteiger partial charge in [-0.25, -0.2) is 4.79 Å². The molecule has 2 heteroatoms. The van der Waals surface area contributed by atoms with Crippen LogP contribution in [-0.2, 0) is 10.3 Å². The maximum Gasteiger partial charge on any atom is 0.340 e. The van der Waals surface area contributed by atoms with Crippen molar-refractivity contribution in [1.29, 1.82) is 0 Å². The monoisotopic (exact) mass is 370 g/mol. The van der Waals surface area contributed by atoms with E-state index in [2.05, 4.69) is 65.8 Å². The molecule has 2 nitrogen and oxygen atoms in total. The van der Waals surface area contributed by atoms with Crippen molar-refractivity contribution in [3.63, 3.8) is 0 Å². The van der Waals surface area contributed by atoms with Gasteiger partial charge in [-0.1, -0.05) is 42.5 Å². The second kappa shape index (κ2) is 6.34. The molecule has 28 heavy (non-hydrogen) atoms. The summed E-state index contributed by atoms with van der Waals surface area (Å²) in [7, 11) is 0. The number of hydrogen-bond donors (Lipinski definition) is 0. The standard InChI is InChI=1S/C26H26O2/c1-15-11-21(12-16(2)19(15)5)26(22-13-17(3)20(6)18(4)14-22)24-10-8-7-9-23(24)25(27)28-26/h7-14H,1-6H3. The van der Waals surface area contributed by atoms with Gasteiger partial charge < -0.3 is 4.74 Å². The molecule has 0 aliphatic carbocycles. The minimum atomic E-state index is -0.917. The van der Waals surface area contributed by atoms with E-state index < -0.39 is 5.60 Å². The van der Waals surface area contributed by atoms with Gasteiger partial charge in [-0.05, 0) is 81.0 Å². The molecule has 3 aromatic rings. The van der Waals surface area contributed by atoms with Gasteiger partial charge in [0.15, 0.2) is 5.60 Å². The first-order chi connectivity index (χ1) is 13.3. The number of fused-ring (bicyclic) bond motifs is 1. The van der Waals surface area contributed by atoms with Gasteiger partial charge in [0.25, 0.3) is 0 Å². The minimum absolute atomic E-state index is 0.262. The average Bonchev–Trinajstić information content (AvgIpc) is 2.97. The minimum Gasteiger partial charge on any atom is -0.441 e. The first-order valence-corrected chi connectivity index (χ1v) is 9.75.